The summed E-state index contributed by atoms with van der Waals surface area (Å²) < 4.78 is 11.2. The average molecular weight is 355 g/mol. The van der Waals surface area contributed by atoms with Gasteiger partial charge in [-0.15, -0.1) is 0 Å². The number of nitrogens with zero attached hydrogens (tertiary/aromatic N) is 3. The number of furan rings is 1. The van der Waals surface area contributed by atoms with Crippen molar-refractivity contribution in [3.05, 3.63) is 53.6 Å². The fourth-order valence-electron chi connectivity index (χ4n) is 2.43. The first-order valence-electron chi connectivity index (χ1n) is 7.30. The molecular formula is C17H11ClN4O3. The molecule has 0 bridgehead atoms. The minimum atomic E-state index is 0.186. The summed E-state index contributed by atoms with van der Waals surface area (Å²) in [6, 6.07) is 14.5. The van der Waals surface area contributed by atoms with Crippen molar-refractivity contribution >= 4 is 34.6 Å². The van der Waals surface area contributed by atoms with Gasteiger partial charge in [0.1, 0.15) is 17.6 Å². The Kier molecular flexibility index (Phi) is 3.93. The van der Waals surface area contributed by atoms with Gasteiger partial charge in [-0.1, -0.05) is 28.9 Å². The Hall–Kier alpha value is -3.16. The van der Waals surface area contributed by atoms with Crippen LogP contribution in [0.3, 0.4) is 0 Å². The summed E-state index contributed by atoms with van der Waals surface area (Å²) in [7, 11) is 0. The molecule has 7 nitrogen and oxygen atoms in total. The van der Waals surface area contributed by atoms with Crippen molar-refractivity contribution in [1.82, 2.24) is 15.6 Å². The summed E-state index contributed by atoms with van der Waals surface area (Å²) in [5, 5.41) is 14.1. The Labute approximate surface area is 146 Å². The van der Waals surface area contributed by atoms with E-state index in [4.69, 9.17) is 25.7 Å². The molecule has 25 heavy (non-hydrogen) atoms. The van der Waals surface area contributed by atoms with E-state index in [1.807, 2.05) is 23.7 Å². The summed E-state index contributed by atoms with van der Waals surface area (Å²) in [5.41, 5.74) is 3.73. The van der Waals surface area contributed by atoms with Crippen LogP contribution < -0.4 is 5.48 Å². The zero-order chi connectivity index (χ0) is 17.2. The summed E-state index contributed by atoms with van der Waals surface area (Å²) in [6.45, 7) is 0. The van der Waals surface area contributed by atoms with Gasteiger partial charge in [-0.05, 0) is 36.4 Å². The van der Waals surface area contributed by atoms with E-state index >= 15 is 0 Å². The van der Waals surface area contributed by atoms with Gasteiger partial charge in [0.05, 0.1) is 0 Å². The lowest BCUT2D eigenvalue weighted by Crippen LogP contribution is -2.00. The molecule has 0 radical (unpaired) electrons. The van der Waals surface area contributed by atoms with Crippen LogP contribution in [-0.2, 0) is 0 Å². The number of aliphatic imine (C=N–C) groups is 1. The van der Waals surface area contributed by atoms with Gasteiger partial charge >= 0.3 is 0 Å². The third-order valence-corrected chi connectivity index (χ3v) is 3.80. The fourth-order valence-corrected chi connectivity index (χ4v) is 2.56. The van der Waals surface area contributed by atoms with Gasteiger partial charge in [0.2, 0.25) is 11.6 Å². The van der Waals surface area contributed by atoms with E-state index in [1.165, 1.54) is 0 Å². The number of hydrogen-bond donors (Lipinski definition) is 2. The molecule has 4 rings (SSSR count). The van der Waals surface area contributed by atoms with Crippen molar-refractivity contribution in [1.29, 1.82) is 0 Å². The predicted molar refractivity (Wildman–Crippen MR) is 93.0 cm³/mol. The second kappa shape index (κ2) is 6.39. The number of fused-ring (bicyclic) bond motifs is 1. The van der Waals surface area contributed by atoms with E-state index in [2.05, 4.69) is 15.1 Å². The maximum atomic E-state index is 8.78. The molecule has 0 aliphatic carbocycles. The Morgan fingerprint density at radius 2 is 1.92 bits per heavy atom. The van der Waals surface area contributed by atoms with E-state index in [0.29, 0.717) is 27.9 Å². The second-order valence-corrected chi connectivity index (χ2v) is 5.53. The molecule has 0 atom stereocenters. The highest BCUT2D eigenvalue weighted by Gasteiger charge is 2.21. The lowest BCUT2D eigenvalue weighted by atomic mass is 10.2. The molecule has 0 unspecified atom stereocenters. The van der Waals surface area contributed by atoms with Crippen molar-refractivity contribution < 1.29 is 14.1 Å². The maximum Gasteiger partial charge on any atom is 0.296 e. The van der Waals surface area contributed by atoms with Gasteiger partial charge in [-0.3, -0.25) is 10.7 Å². The van der Waals surface area contributed by atoms with Crippen LogP contribution in [0, 0.1) is 0 Å². The first kappa shape index (κ1) is 15.4. The highest BCUT2D eigenvalue weighted by molar-refractivity contribution is 6.30. The molecule has 2 N–H and O–H groups in total. The van der Waals surface area contributed by atoms with Crippen LogP contribution in [0.1, 0.15) is 0 Å². The van der Waals surface area contributed by atoms with Gasteiger partial charge < -0.3 is 8.94 Å². The predicted octanol–water partition coefficient (Wildman–Crippen LogP) is 4.44. The van der Waals surface area contributed by atoms with Crippen LogP contribution in [0.4, 0.5) is 5.69 Å². The molecule has 0 aliphatic rings. The molecule has 8 heteroatoms. The molecule has 0 fully saturated rings. The summed E-state index contributed by atoms with van der Waals surface area (Å²) in [4.78, 5) is 8.53. The normalized spacial score (nSPS) is 11.4. The number of hydroxylamine groups is 1. The monoisotopic (exact) mass is 354 g/mol. The minimum Gasteiger partial charge on any atom is -0.449 e. The van der Waals surface area contributed by atoms with Crippen LogP contribution in [0.5, 0.6) is 0 Å². The molecule has 4 aromatic rings. The standard InChI is InChI=1S/C17H11ClN4O3/c18-11-7-5-10(6-8-11)16-21-17(25-22-16)15-14(19-9-20-23)12-3-1-2-4-13(12)24-15/h1-9,23H,(H,19,20). The van der Waals surface area contributed by atoms with Crippen LogP contribution in [0.25, 0.3) is 34.0 Å². The van der Waals surface area contributed by atoms with Crippen molar-refractivity contribution in [2.45, 2.75) is 0 Å². The highest BCUT2D eigenvalue weighted by atomic mass is 35.5. The SMILES string of the molecule is ONC=Nc1c(-c2nc(-c3ccc(Cl)cc3)no2)oc2ccccc12. The third kappa shape index (κ3) is 2.86. The highest BCUT2D eigenvalue weighted by Crippen LogP contribution is 2.39. The smallest absolute Gasteiger partial charge is 0.296 e. The molecule has 124 valence electrons. The van der Waals surface area contributed by atoms with E-state index in [9.17, 15) is 0 Å². The van der Waals surface area contributed by atoms with Crippen LogP contribution in [0.2, 0.25) is 5.02 Å². The molecule has 0 aliphatic heterocycles. The van der Waals surface area contributed by atoms with Gasteiger partial charge in [-0.25, -0.2) is 4.99 Å². The quantitative estimate of drug-likeness (QED) is 0.319. The minimum absolute atomic E-state index is 0.186. The zero-order valence-electron chi connectivity index (χ0n) is 12.7. The first-order valence-corrected chi connectivity index (χ1v) is 7.68. The van der Waals surface area contributed by atoms with Crippen LogP contribution in [0.15, 0.2) is 62.5 Å². The summed E-state index contributed by atoms with van der Waals surface area (Å²) in [5.74, 6) is 0.911. The second-order valence-electron chi connectivity index (χ2n) is 5.09. The van der Waals surface area contributed by atoms with E-state index in [1.54, 1.807) is 30.3 Å². The molecule has 2 aromatic carbocycles. The van der Waals surface area contributed by atoms with E-state index in [0.717, 1.165) is 17.3 Å². The maximum absolute atomic E-state index is 8.78. The molecule has 2 aromatic heterocycles. The Balaban J connectivity index is 1.82. The molecule has 2 heterocycles. The van der Waals surface area contributed by atoms with Crippen LogP contribution in [-0.4, -0.2) is 21.7 Å². The van der Waals surface area contributed by atoms with E-state index in [-0.39, 0.29) is 5.89 Å². The first-order chi connectivity index (χ1) is 12.3. The van der Waals surface area contributed by atoms with Crippen molar-refractivity contribution in [2.75, 3.05) is 0 Å². The number of hydrogen-bond acceptors (Lipinski definition) is 6. The van der Waals surface area contributed by atoms with Crippen molar-refractivity contribution in [3.63, 3.8) is 0 Å². The molecule has 0 saturated carbocycles. The van der Waals surface area contributed by atoms with Gasteiger partial charge in [0.15, 0.2) is 0 Å². The summed E-state index contributed by atoms with van der Waals surface area (Å²) >= 11 is 5.89. The van der Waals surface area contributed by atoms with Crippen molar-refractivity contribution in [3.8, 4) is 23.0 Å². The summed E-state index contributed by atoms with van der Waals surface area (Å²) in [6.07, 6.45) is 1.14. The molecular weight excluding hydrogens is 344 g/mol. The number of nitrogens with one attached hydrogen (secondary N) is 1. The molecule has 0 amide bonds. The number of aromatic nitrogens is 2. The van der Waals surface area contributed by atoms with Gasteiger partial charge in [-0.2, -0.15) is 4.98 Å². The largest absolute Gasteiger partial charge is 0.449 e. The lowest BCUT2D eigenvalue weighted by Gasteiger charge is -1.93. The number of halogens is 1. The topological polar surface area (TPSA) is 96.7 Å². The Morgan fingerprint density at radius 3 is 2.72 bits per heavy atom. The Morgan fingerprint density at radius 1 is 1.12 bits per heavy atom. The zero-order valence-corrected chi connectivity index (χ0v) is 13.4. The van der Waals surface area contributed by atoms with Gasteiger partial charge in [0.25, 0.3) is 5.89 Å². The number of rotatable bonds is 4. The van der Waals surface area contributed by atoms with Crippen LogP contribution >= 0.6 is 11.6 Å². The number of para-hydroxylation sites is 1. The van der Waals surface area contributed by atoms with Crippen molar-refractivity contribution in [2.24, 2.45) is 4.99 Å². The fraction of sp³-hybridized carbons (Fsp3) is 0. The average Bonchev–Trinajstić information content (AvgIpc) is 3.25. The third-order valence-electron chi connectivity index (χ3n) is 3.54. The Bertz CT molecular complexity index is 1050. The lowest BCUT2D eigenvalue weighted by molar-refractivity contribution is 0.240. The number of benzene rings is 2. The van der Waals surface area contributed by atoms with E-state index < -0.39 is 0 Å². The molecule has 0 spiro atoms. The van der Waals surface area contributed by atoms with Gasteiger partial charge in [0, 0.05) is 16.0 Å². The molecule has 0 saturated heterocycles.